The number of rotatable bonds is 6. The van der Waals surface area contributed by atoms with Crippen LogP contribution in [-0.2, 0) is 16.4 Å². The van der Waals surface area contributed by atoms with Gasteiger partial charge in [0.25, 0.3) is 0 Å². The number of anilines is 1. The third-order valence-electron chi connectivity index (χ3n) is 3.79. The van der Waals surface area contributed by atoms with E-state index >= 15 is 0 Å². The molecule has 0 aliphatic carbocycles. The zero-order chi connectivity index (χ0) is 14.8. The highest BCUT2D eigenvalue weighted by Crippen LogP contribution is 2.33. The molecule has 1 aromatic rings. The summed E-state index contributed by atoms with van der Waals surface area (Å²) in [6.07, 6.45) is 3.71. The third kappa shape index (κ3) is 3.31. The van der Waals surface area contributed by atoms with Crippen LogP contribution in [-0.4, -0.2) is 32.7 Å². The number of primary sulfonamides is 1. The number of nitrogens with zero attached hydrogens (tertiary/aromatic N) is 1. The molecule has 20 heavy (non-hydrogen) atoms. The maximum atomic E-state index is 11.4. The molecule has 112 valence electrons. The Hall–Kier alpha value is -1.11. The zero-order valence-electron chi connectivity index (χ0n) is 11.7. The molecule has 0 amide bonds. The summed E-state index contributed by atoms with van der Waals surface area (Å²) in [7, 11) is -3.63. The van der Waals surface area contributed by atoms with E-state index in [4.69, 9.17) is 10.2 Å². The molecule has 0 radical (unpaired) electrons. The van der Waals surface area contributed by atoms with Crippen molar-refractivity contribution in [1.29, 1.82) is 0 Å². The first-order valence-electron chi connectivity index (χ1n) is 6.96. The van der Waals surface area contributed by atoms with Crippen LogP contribution in [0.4, 0.5) is 5.69 Å². The Kier molecular flexibility index (Phi) is 4.67. The third-order valence-corrected chi connectivity index (χ3v) is 4.70. The first-order chi connectivity index (χ1) is 9.43. The predicted octanol–water partition coefficient (Wildman–Crippen LogP) is 1.25. The molecule has 0 saturated heterocycles. The SMILES string of the molecule is CC1Cc2cc(S(N)(=O)=O)ccc2N1CCCCCO. The first kappa shape index (κ1) is 15.3. The highest BCUT2D eigenvalue weighted by Gasteiger charge is 2.26. The van der Waals surface area contributed by atoms with E-state index in [0.717, 1.165) is 43.5 Å². The lowest BCUT2D eigenvalue weighted by molar-refractivity contribution is 0.283. The monoisotopic (exact) mass is 298 g/mol. The smallest absolute Gasteiger partial charge is 0.238 e. The molecule has 1 unspecified atom stereocenters. The Morgan fingerprint density at radius 1 is 1.35 bits per heavy atom. The molecule has 2 rings (SSSR count). The molecule has 3 N–H and O–H groups in total. The van der Waals surface area contributed by atoms with E-state index in [-0.39, 0.29) is 11.5 Å². The number of benzene rings is 1. The number of nitrogens with two attached hydrogens (primary N) is 1. The lowest BCUT2D eigenvalue weighted by atomic mass is 10.1. The Bertz CT molecular complexity index is 572. The Labute approximate surface area is 120 Å². The Balaban J connectivity index is 2.13. The summed E-state index contributed by atoms with van der Waals surface area (Å²) in [6.45, 7) is 3.31. The van der Waals surface area contributed by atoms with Crippen LogP contribution in [0.15, 0.2) is 23.1 Å². The fraction of sp³-hybridized carbons (Fsp3) is 0.571. The quantitative estimate of drug-likeness (QED) is 0.774. The van der Waals surface area contributed by atoms with E-state index in [1.54, 1.807) is 12.1 Å². The molecule has 1 aromatic carbocycles. The van der Waals surface area contributed by atoms with Gasteiger partial charge in [0.05, 0.1) is 4.90 Å². The summed E-state index contributed by atoms with van der Waals surface area (Å²) in [5.41, 5.74) is 2.15. The van der Waals surface area contributed by atoms with Gasteiger partial charge in [0, 0.05) is 24.9 Å². The lowest BCUT2D eigenvalue weighted by Crippen LogP contribution is -2.30. The minimum absolute atomic E-state index is 0.186. The van der Waals surface area contributed by atoms with Crippen molar-refractivity contribution in [2.75, 3.05) is 18.1 Å². The lowest BCUT2D eigenvalue weighted by Gasteiger charge is -2.24. The fourth-order valence-electron chi connectivity index (χ4n) is 2.76. The van der Waals surface area contributed by atoms with Gasteiger partial charge in [-0.1, -0.05) is 0 Å². The second-order valence-electron chi connectivity index (χ2n) is 5.37. The van der Waals surface area contributed by atoms with E-state index in [1.807, 2.05) is 6.07 Å². The van der Waals surface area contributed by atoms with E-state index in [2.05, 4.69) is 11.8 Å². The Morgan fingerprint density at radius 2 is 2.10 bits per heavy atom. The van der Waals surface area contributed by atoms with Gasteiger partial charge in [0.2, 0.25) is 10.0 Å². The van der Waals surface area contributed by atoms with Crippen LogP contribution in [0.2, 0.25) is 0 Å². The highest BCUT2D eigenvalue weighted by atomic mass is 32.2. The molecular weight excluding hydrogens is 276 g/mol. The minimum atomic E-state index is -3.63. The molecule has 1 aliphatic heterocycles. The largest absolute Gasteiger partial charge is 0.396 e. The van der Waals surface area contributed by atoms with Crippen LogP contribution in [0.5, 0.6) is 0 Å². The fourth-order valence-corrected chi connectivity index (χ4v) is 3.32. The van der Waals surface area contributed by atoms with Crippen LogP contribution in [0.25, 0.3) is 0 Å². The summed E-state index contributed by atoms with van der Waals surface area (Å²) in [5, 5.41) is 14.0. The van der Waals surface area contributed by atoms with Crippen molar-refractivity contribution in [2.45, 2.75) is 43.5 Å². The van der Waals surface area contributed by atoms with Gasteiger partial charge in [-0.25, -0.2) is 13.6 Å². The van der Waals surface area contributed by atoms with Gasteiger partial charge in [0.1, 0.15) is 0 Å². The normalized spacial score (nSPS) is 18.4. The van der Waals surface area contributed by atoms with Gasteiger partial charge >= 0.3 is 0 Å². The summed E-state index contributed by atoms with van der Waals surface area (Å²) < 4.78 is 22.8. The standard InChI is InChI=1S/C14H22N2O3S/c1-11-9-12-10-13(20(15,18)19)5-6-14(12)16(11)7-3-2-4-8-17/h5-6,10-11,17H,2-4,7-9H2,1H3,(H2,15,18,19). The molecule has 1 atom stereocenters. The molecule has 0 saturated carbocycles. The number of sulfonamides is 1. The topological polar surface area (TPSA) is 83.6 Å². The van der Waals surface area contributed by atoms with Crippen molar-refractivity contribution in [3.05, 3.63) is 23.8 Å². The van der Waals surface area contributed by atoms with Gasteiger partial charge in [0.15, 0.2) is 0 Å². The van der Waals surface area contributed by atoms with Crippen LogP contribution >= 0.6 is 0 Å². The zero-order valence-corrected chi connectivity index (χ0v) is 12.6. The van der Waals surface area contributed by atoms with Crippen LogP contribution < -0.4 is 10.0 Å². The molecule has 6 heteroatoms. The molecule has 0 fully saturated rings. The first-order valence-corrected chi connectivity index (χ1v) is 8.51. The van der Waals surface area contributed by atoms with Crippen molar-refractivity contribution in [3.63, 3.8) is 0 Å². The van der Waals surface area contributed by atoms with E-state index in [9.17, 15) is 8.42 Å². The number of fused-ring (bicyclic) bond motifs is 1. The number of aliphatic hydroxyl groups excluding tert-OH is 1. The Morgan fingerprint density at radius 3 is 2.75 bits per heavy atom. The van der Waals surface area contributed by atoms with Crippen LogP contribution in [0.1, 0.15) is 31.7 Å². The molecular formula is C14H22N2O3S. The second-order valence-corrected chi connectivity index (χ2v) is 6.93. The number of hydrogen-bond donors (Lipinski definition) is 2. The van der Waals surface area contributed by atoms with Gasteiger partial charge < -0.3 is 10.0 Å². The molecule has 1 aliphatic rings. The number of hydrogen-bond acceptors (Lipinski definition) is 4. The molecule has 0 aromatic heterocycles. The van der Waals surface area contributed by atoms with Crippen molar-refractivity contribution >= 4 is 15.7 Å². The van der Waals surface area contributed by atoms with Crippen LogP contribution in [0.3, 0.4) is 0 Å². The number of aliphatic hydroxyl groups is 1. The molecule has 1 heterocycles. The van der Waals surface area contributed by atoms with Crippen molar-refractivity contribution in [3.8, 4) is 0 Å². The maximum absolute atomic E-state index is 11.4. The van der Waals surface area contributed by atoms with Crippen molar-refractivity contribution in [2.24, 2.45) is 5.14 Å². The summed E-state index contributed by atoms with van der Waals surface area (Å²) >= 11 is 0. The summed E-state index contributed by atoms with van der Waals surface area (Å²) in [6, 6.07) is 5.49. The molecule has 0 bridgehead atoms. The summed E-state index contributed by atoms with van der Waals surface area (Å²) in [5.74, 6) is 0. The molecule has 5 nitrogen and oxygen atoms in total. The maximum Gasteiger partial charge on any atom is 0.238 e. The molecule has 0 spiro atoms. The van der Waals surface area contributed by atoms with E-state index in [1.165, 1.54) is 0 Å². The van der Waals surface area contributed by atoms with Crippen LogP contribution in [0, 0.1) is 0 Å². The van der Waals surface area contributed by atoms with E-state index < -0.39 is 10.0 Å². The second kappa shape index (κ2) is 6.11. The van der Waals surface area contributed by atoms with Gasteiger partial charge in [-0.3, -0.25) is 0 Å². The van der Waals surface area contributed by atoms with Crippen molar-refractivity contribution < 1.29 is 13.5 Å². The van der Waals surface area contributed by atoms with E-state index in [0.29, 0.717) is 6.04 Å². The summed E-state index contributed by atoms with van der Waals surface area (Å²) in [4.78, 5) is 2.49. The minimum Gasteiger partial charge on any atom is -0.396 e. The van der Waals surface area contributed by atoms with Crippen molar-refractivity contribution in [1.82, 2.24) is 0 Å². The number of unbranched alkanes of at least 4 members (excludes halogenated alkanes) is 2. The average Bonchev–Trinajstić information content (AvgIpc) is 2.69. The van der Waals surface area contributed by atoms with Gasteiger partial charge in [-0.05, 0) is 56.4 Å². The van der Waals surface area contributed by atoms with Gasteiger partial charge in [-0.15, -0.1) is 0 Å². The van der Waals surface area contributed by atoms with Gasteiger partial charge in [-0.2, -0.15) is 0 Å². The predicted molar refractivity (Wildman–Crippen MR) is 79.3 cm³/mol. The average molecular weight is 298 g/mol. The highest BCUT2D eigenvalue weighted by molar-refractivity contribution is 7.89.